The van der Waals surface area contributed by atoms with Gasteiger partial charge in [0, 0.05) is 19.3 Å². The molecule has 1 aliphatic heterocycles. The van der Waals surface area contributed by atoms with Crippen LogP contribution in [0.4, 0.5) is 17.6 Å². The molecule has 0 fully saturated rings. The predicted octanol–water partition coefficient (Wildman–Crippen LogP) is 3.54. The molecule has 0 unspecified atom stereocenters. The molecule has 5 rings (SSSR count). The SMILES string of the molecule is CCc1nc2ccc(Cl)cn2c1C(=O)NCc1ccc(-c2nc3n(n2)CCN(S(=O)(=O)C(F)(F)F)C3)c(F)c1. The molecule has 10 nitrogen and oxygen atoms in total. The number of aryl methyl sites for hydroxylation is 1. The van der Waals surface area contributed by atoms with Gasteiger partial charge in [-0.2, -0.15) is 22.6 Å². The number of carbonyl (C=O) groups excluding carboxylic acids is 1. The smallest absolute Gasteiger partial charge is 0.347 e. The Hall–Kier alpha value is -3.56. The number of sulfonamides is 1. The molecule has 0 saturated heterocycles. The van der Waals surface area contributed by atoms with Crippen LogP contribution in [0.2, 0.25) is 5.02 Å². The van der Waals surface area contributed by atoms with E-state index in [0.717, 1.165) is 0 Å². The highest BCUT2D eigenvalue weighted by atomic mass is 35.5. The van der Waals surface area contributed by atoms with Gasteiger partial charge in [0.15, 0.2) is 5.82 Å². The summed E-state index contributed by atoms with van der Waals surface area (Å²) in [5.41, 5.74) is -3.57. The van der Waals surface area contributed by atoms with Crippen LogP contribution in [0.5, 0.6) is 0 Å². The molecule has 1 N–H and O–H groups in total. The molecule has 0 saturated carbocycles. The first kappa shape index (κ1) is 27.0. The third-order valence-corrected chi connectivity index (χ3v) is 7.99. The summed E-state index contributed by atoms with van der Waals surface area (Å²) < 4.78 is 80.3. The zero-order valence-corrected chi connectivity index (χ0v) is 21.8. The highest BCUT2D eigenvalue weighted by Crippen LogP contribution is 2.30. The van der Waals surface area contributed by atoms with Gasteiger partial charge >= 0.3 is 15.5 Å². The van der Waals surface area contributed by atoms with Gasteiger partial charge in [-0.1, -0.05) is 24.6 Å². The van der Waals surface area contributed by atoms with Crippen molar-refractivity contribution < 1.29 is 30.8 Å². The number of halogens is 5. The van der Waals surface area contributed by atoms with Crippen LogP contribution < -0.4 is 5.32 Å². The number of fused-ring (bicyclic) bond motifs is 2. The second-order valence-electron chi connectivity index (χ2n) is 8.69. The molecule has 0 radical (unpaired) electrons. The van der Waals surface area contributed by atoms with E-state index in [1.165, 1.54) is 16.8 Å². The van der Waals surface area contributed by atoms with Crippen LogP contribution in [0.15, 0.2) is 36.5 Å². The Kier molecular flexibility index (Phi) is 6.84. The summed E-state index contributed by atoms with van der Waals surface area (Å²) in [6.45, 7) is 0.594. The van der Waals surface area contributed by atoms with Gasteiger partial charge in [-0.05, 0) is 36.2 Å². The molecule has 39 heavy (non-hydrogen) atoms. The average molecular weight is 586 g/mol. The van der Waals surface area contributed by atoms with Crippen LogP contribution in [-0.2, 0) is 36.1 Å². The number of alkyl halides is 3. The molecule has 1 aromatic carbocycles. The van der Waals surface area contributed by atoms with Crippen LogP contribution in [0.25, 0.3) is 17.0 Å². The second-order valence-corrected chi connectivity index (χ2v) is 11.1. The fraction of sp³-hybridized carbons (Fsp3) is 0.304. The summed E-state index contributed by atoms with van der Waals surface area (Å²) in [6, 6.07) is 7.48. The molecular weight excluding hydrogens is 566 g/mol. The minimum atomic E-state index is -5.53. The van der Waals surface area contributed by atoms with Crippen LogP contribution in [0.3, 0.4) is 0 Å². The lowest BCUT2D eigenvalue weighted by atomic mass is 10.1. The lowest BCUT2D eigenvalue weighted by molar-refractivity contribution is -0.0496. The molecule has 1 aliphatic rings. The van der Waals surface area contributed by atoms with Crippen molar-refractivity contribution in [3.63, 3.8) is 0 Å². The number of rotatable bonds is 6. The maximum absolute atomic E-state index is 15.0. The van der Waals surface area contributed by atoms with Gasteiger partial charge in [-0.15, -0.1) is 0 Å². The molecule has 4 heterocycles. The molecule has 16 heteroatoms. The molecular formula is C23H20ClF4N7O3S. The Morgan fingerprint density at radius 2 is 1.92 bits per heavy atom. The van der Waals surface area contributed by atoms with Crippen molar-refractivity contribution in [2.45, 2.75) is 38.5 Å². The van der Waals surface area contributed by atoms with E-state index in [1.54, 1.807) is 28.8 Å². The van der Waals surface area contributed by atoms with E-state index in [-0.39, 0.29) is 34.6 Å². The van der Waals surface area contributed by atoms with Crippen molar-refractivity contribution in [2.24, 2.45) is 0 Å². The first-order valence-electron chi connectivity index (χ1n) is 11.6. The van der Waals surface area contributed by atoms with Gasteiger partial charge in [0.2, 0.25) is 0 Å². The van der Waals surface area contributed by atoms with E-state index in [2.05, 4.69) is 20.4 Å². The van der Waals surface area contributed by atoms with E-state index in [1.807, 2.05) is 6.92 Å². The number of imidazole rings is 1. The average Bonchev–Trinajstić information content (AvgIpc) is 3.47. The fourth-order valence-corrected chi connectivity index (χ4v) is 5.31. The number of nitrogens with one attached hydrogen (secondary N) is 1. The number of hydrogen-bond donors (Lipinski definition) is 1. The van der Waals surface area contributed by atoms with Crippen molar-refractivity contribution in [3.8, 4) is 11.4 Å². The Morgan fingerprint density at radius 3 is 2.62 bits per heavy atom. The van der Waals surface area contributed by atoms with E-state index in [9.17, 15) is 26.4 Å². The zero-order valence-electron chi connectivity index (χ0n) is 20.2. The van der Waals surface area contributed by atoms with Crippen molar-refractivity contribution in [2.75, 3.05) is 6.54 Å². The van der Waals surface area contributed by atoms with Crippen molar-refractivity contribution >= 4 is 33.2 Å². The fourth-order valence-electron chi connectivity index (χ4n) is 4.25. The predicted molar refractivity (Wildman–Crippen MR) is 132 cm³/mol. The Morgan fingerprint density at radius 1 is 1.15 bits per heavy atom. The van der Waals surface area contributed by atoms with E-state index in [4.69, 9.17) is 11.6 Å². The maximum atomic E-state index is 15.0. The Bertz CT molecular complexity index is 1700. The van der Waals surface area contributed by atoms with Crippen LogP contribution in [0, 0.1) is 5.82 Å². The molecule has 1 amide bonds. The second kappa shape index (κ2) is 9.88. The number of nitrogens with zero attached hydrogens (tertiary/aromatic N) is 6. The van der Waals surface area contributed by atoms with E-state index < -0.39 is 40.3 Å². The van der Waals surface area contributed by atoms with Gasteiger partial charge in [-0.25, -0.2) is 27.5 Å². The van der Waals surface area contributed by atoms with Gasteiger partial charge in [0.25, 0.3) is 5.91 Å². The molecule has 0 bridgehead atoms. The third kappa shape index (κ3) is 4.96. The lowest BCUT2D eigenvalue weighted by Crippen LogP contribution is -2.44. The number of benzene rings is 1. The van der Waals surface area contributed by atoms with E-state index >= 15 is 4.39 Å². The van der Waals surface area contributed by atoms with Gasteiger partial charge in [0.1, 0.15) is 23.0 Å². The number of carbonyl (C=O) groups is 1. The molecule has 206 valence electrons. The minimum Gasteiger partial charge on any atom is -0.347 e. The van der Waals surface area contributed by atoms with Crippen molar-refractivity contribution in [1.29, 1.82) is 0 Å². The maximum Gasteiger partial charge on any atom is 0.511 e. The Balaban J connectivity index is 1.32. The van der Waals surface area contributed by atoms with Crippen LogP contribution in [-0.4, -0.2) is 54.8 Å². The van der Waals surface area contributed by atoms with Crippen LogP contribution >= 0.6 is 11.6 Å². The number of hydrogen-bond acceptors (Lipinski definition) is 6. The summed E-state index contributed by atoms with van der Waals surface area (Å²) in [4.78, 5) is 21.5. The third-order valence-electron chi connectivity index (χ3n) is 6.19. The van der Waals surface area contributed by atoms with Crippen molar-refractivity contribution in [3.05, 3.63) is 70.1 Å². The van der Waals surface area contributed by atoms with Gasteiger partial charge in [0.05, 0.1) is 29.4 Å². The van der Waals surface area contributed by atoms with E-state index in [0.29, 0.717) is 34.0 Å². The summed E-state index contributed by atoms with van der Waals surface area (Å²) in [5.74, 6) is -1.28. The molecule has 0 aliphatic carbocycles. The standard InChI is InChI=1S/C23H20ClF4N7O3S/c1-2-17-20(34-11-14(24)4-6-18(34)30-17)22(36)29-10-13-3-5-15(16(25)9-13)21-31-19-12-33(7-8-35(19)32-21)39(37,38)23(26,27)28/h3-6,9,11H,2,7-8,10,12H2,1H3,(H,29,36). The molecule has 4 aromatic rings. The number of pyridine rings is 1. The summed E-state index contributed by atoms with van der Waals surface area (Å²) >= 11 is 6.07. The minimum absolute atomic E-state index is 0.00956. The molecule has 0 spiro atoms. The molecule has 0 atom stereocenters. The monoisotopic (exact) mass is 585 g/mol. The summed E-state index contributed by atoms with van der Waals surface area (Å²) in [7, 11) is -5.53. The number of aromatic nitrogens is 5. The first-order valence-corrected chi connectivity index (χ1v) is 13.4. The summed E-state index contributed by atoms with van der Waals surface area (Å²) in [5, 5.41) is 7.30. The summed E-state index contributed by atoms with van der Waals surface area (Å²) in [6.07, 6.45) is 2.09. The lowest BCUT2D eigenvalue weighted by Gasteiger charge is -2.26. The number of amides is 1. The highest BCUT2D eigenvalue weighted by Gasteiger charge is 2.50. The van der Waals surface area contributed by atoms with Crippen molar-refractivity contribution in [1.82, 2.24) is 33.8 Å². The largest absolute Gasteiger partial charge is 0.511 e. The Labute approximate surface area is 224 Å². The van der Waals surface area contributed by atoms with Gasteiger partial charge < -0.3 is 5.32 Å². The normalized spacial score (nSPS) is 14.5. The molecule has 3 aromatic heterocycles. The zero-order chi connectivity index (χ0) is 28.1. The van der Waals surface area contributed by atoms with Gasteiger partial charge in [-0.3, -0.25) is 9.20 Å². The highest BCUT2D eigenvalue weighted by molar-refractivity contribution is 7.89. The topological polar surface area (TPSA) is 114 Å². The van der Waals surface area contributed by atoms with Crippen LogP contribution in [0.1, 0.15) is 34.5 Å². The first-order chi connectivity index (χ1) is 18.4. The quantitative estimate of drug-likeness (QED) is 0.346.